The van der Waals surface area contributed by atoms with E-state index >= 15 is 0 Å². The van der Waals surface area contributed by atoms with Crippen molar-refractivity contribution in [3.63, 3.8) is 0 Å². The summed E-state index contributed by atoms with van der Waals surface area (Å²) in [5.41, 5.74) is 1.57. The molecule has 1 N–H and O–H groups in total. The van der Waals surface area contributed by atoms with E-state index in [1.165, 1.54) is 19.3 Å². The number of anilines is 1. The van der Waals surface area contributed by atoms with Crippen LogP contribution in [0.2, 0.25) is 0 Å². The molecule has 90 valence electrons. The van der Waals surface area contributed by atoms with Gasteiger partial charge in [-0.05, 0) is 24.7 Å². The van der Waals surface area contributed by atoms with Crippen molar-refractivity contribution >= 4 is 17.4 Å². The van der Waals surface area contributed by atoms with Crippen LogP contribution in [0.15, 0.2) is 18.5 Å². The van der Waals surface area contributed by atoms with Gasteiger partial charge in [0.2, 0.25) is 0 Å². The van der Waals surface area contributed by atoms with Crippen LogP contribution in [0.3, 0.4) is 0 Å². The monoisotopic (exact) mass is 247 g/mol. The fourth-order valence-corrected chi connectivity index (χ4v) is 3.51. The van der Waals surface area contributed by atoms with Crippen LogP contribution in [-0.2, 0) is 0 Å². The average molecular weight is 247 g/mol. The number of rotatable bonds is 4. The van der Waals surface area contributed by atoms with Crippen molar-refractivity contribution in [3.8, 4) is 6.07 Å². The molecule has 0 radical (unpaired) electrons. The van der Waals surface area contributed by atoms with E-state index in [9.17, 15) is 0 Å². The molecule has 3 nitrogen and oxygen atoms in total. The van der Waals surface area contributed by atoms with Gasteiger partial charge in [0, 0.05) is 17.5 Å². The summed E-state index contributed by atoms with van der Waals surface area (Å²) in [5, 5.41) is 13.2. The van der Waals surface area contributed by atoms with Crippen molar-refractivity contribution in [3.05, 3.63) is 24.0 Å². The van der Waals surface area contributed by atoms with Crippen LogP contribution >= 0.6 is 11.8 Å². The maximum atomic E-state index is 9.04. The van der Waals surface area contributed by atoms with Crippen LogP contribution in [0.5, 0.6) is 0 Å². The van der Waals surface area contributed by atoms with Gasteiger partial charge in [0.05, 0.1) is 17.4 Å². The third-order valence-electron chi connectivity index (χ3n) is 3.12. The zero-order valence-corrected chi connectivity index (χ0v) is 10.8. The summed E-state index contributed by atoms with van der Waals surface area (Å²) < 4.78 is 0. The second kappa shape index (κ2) is 5.92. The molecule has 1 saturated carbocycles. The number of aromatic nitrogens is 1. The van der Waals surface area contributed by atoms with Crippen LogP contribution in [0, 0.1) is 11.3 Å². The first-order valence-electron chi connectivity index (χ1n) is 6.07. The second-order valence-electron chi connectivity index (χ2n) is 4.21. The lowest BCUT2D eigenvalue weighted by Gasteiger charge is -2.21. The number of hydrogen-bond donors (Lipinski definition) is 1. The molecule has 2 unspecified atom stereocenters. The molecule has 17 heavy (non-hydrogen) atoms. The van der Waals surface area contributed by atoms with Gasteiger partial charge in [0.1, 0.15) is 6.07 Å². The Morgan fingerprint density at radius 3 is 3.24 bits per heavy atom. The van der Waals surface area contributed by atoms with Crippen molar-refractivity contribution in [1.29, 1.82) is 5.26 Å². The molecule has 0 amide bonds. The summed E-state index contributed by atoms with van der Waals surface area (Å²) in [6.07, 6.45) is 7.16. The maximum absolute atomic E-state index is 9.04. The second-order valence-corrected chi connectivity index (χ2v) is 5.72. The number of nitrogens with zero attached hydrogens (tertiary/aromatic N) is 2. The number of nitrogens with one attached hydrogen (secondary N) is 1. The summed E-state index contributed by atoms with van der Waals surface area (Å²) in [6, 6.07) is 4.45. The van der Waals surface area contributed by atoms with E-state index in [2.05, 4.69) is 23.3 Å². The molecule has 1 fully saturated rings. The van der Waals surface area contributed by atoms with Gasteiger partial charge >= 0.3 is 0 Å². The third-order valence-corrected chi connectivity index (χ3v) is 4.44. The molecule has 1 aromatic rings. The van der Waals surface area contributed by atoms with Gasteiger partial charge in [-0.3, -0.25) is 4.98 Å². The topological polar surface area (TPSA) is 48.7 Å². The van der Waals surface area contributed by atoms with Crippen molar-refractivity contribution in [1.82, 2.24) is 4.98 Å². The lowest BCUT2D eigenvalue weighted by Crippen LogP contribution is -2.26. The van der Waals surface area contributed by atoms with E-state index in [-0.39, 0.29) is 0 Å². The molecule has 0 bridgehead atoms. The van der Waals surface area contributed by atoms with Crippen molar-refractivity contribution in [2.24, 2.45) is 0 Å². The lowest BCUT2D eigenvalue weighted by molar-refractivity contribution is 0.766. The molecule has 4 heteroatoms. The SMILES string of the molecule is CCSC1CCCC1Nc1cnccc1C#N. The van der Waals surface area contributed by atoms with E-state index in [1.807, 2.05) is 11.8 Å². The summed E-state index contributed by atoms with van der Waals surface area (Å²) in [7, 11) is 0. The van der Waals surface area contributed by atoms with Gasteiger partial charge in [-0.1, -0.05) is 13.3 Å². The van der Waals surface area contributed by atoms with Crippen LogP contribution in [0.1, 0.15) is 31.7 Å². The van der Waals surface area contributed by atoms with Gasteiger partial charge in [-0.25, -0.2) is 0 Å². The fourth-order valence-electron chi connectivity index (χ4n) is 2.31. The average Bonchev–Trinajstić information content (AvgIpc) is 2.78. The number of hydrogen-bond acceptors (Lipinski definition) is 4. The molecule has 0 aliphatic heterocycles. The van der Waals surface area contributed by atoms with Gasteiger partial charge in [0.25, 0.3) is 0 Å². The predicted octanol–water partition coefficient (Wildman–Crippen LogP) is 3.04. The summed E-state index contributed by atoms with van der Waals surface area (Å²) in [6.45, 7) is 2.20. The quantitative estimate of drug-likeness (QED) is 0.888. The Hall–Kier alpha value is -1.21. The molecule has 1 aliphatic carbocycles. The molecule has 1 aromatic heterocycles. The molecular formula is C13H17N3S. The molecule has 1 aliphatic rings. The van der Waals surface area contributed by atoms with Gasteiger partial charge < -0.3 is 5.32 Å². The van der Waals surface area contributed by atoms with Crippen molar-refractivity contribution in [2.45, 2.75) is 37.5 Å². The van der Waals surface area contributed by atoms with E-state index in [0.717, 1.165) is 11.4 Å². The number of pyridine rings is 1. The first-order chi connectivity index (χ1) is 8.35. The summed E-state index contributed by atoms with van der Waals surface area (Å²) >= 11 is 2.01. The van der Waals surface area contributed by atoms with E-state index in [4.69, 9.17) is 5.26 Å². The molecule has 0 aromatic carbocycles. The van der Waals surface area contributed by atoms with Crippen molar-refractivity contribution in [2.75, 3.05) is 11.1 Å². The minimum absolute atomic E-state index is 0.483. The highest BCUT2D eigenvalue weighted by molar-refractivity contribution is 7.99. The Kier molecular flexibility index (Phi) is 4.27. The normalized spacial score (nSPS) is 23.3. The molecule has 0 saturated heterocycles. The van der Waals surface area contributed by atoms with E-state index in [0.29, 0.717) is 16.9 Å². The van der Waals surface area contributed by atoms with Gasteiger partial charge in [-0.2, -0.15) is 17.0 Å². The molecule has 0 spiro atoms. The summed E-state index contributed by atoms with van der Waals surface area (Å²) in [4.78, 5) is 4.09. The van der Waals surface area contributed by atoms with E-state index in [1.54, 1.807) is 18.5 Å². The van der Waals surface area contributed by atoms with Gasteiger partial charge in [-0.15, -0.1) is 0 Å². The molecule has 2 atom stereocenters. The first kappa shape index (κ1) is 12.3. The Balaban J connectivity index is 2.07. The minimum Gasteiger partial charge on any atom is -0.379 e. The molecule has 1 heterocycles. The van der Waals surface area contributed by atoms with Crippen molar-refractivity contribution < 1.29 is 0 Å². The Bertz CT molecular complexity index is 413. The Labute approximate surface area is 107 Å². The smallest absolute Gasteiger partial charge is 0.101 e. The van der Waals surface area contributed by atoms with E-state index < -0.39 is 0 Å². The zero-order chi connectivity index (χ0) is 12.1. The Morgan fingerprint density at radius 2 is 2.47 bits per heavy atom. The van der Waals surface area contributed by atoms with Crippen LogP contribution in [-0.4, -0.2) is 22.0 Å². The maximum Gasteiger partial charge on any atom is 0.101 e. The third kappa shape index (κ3) is 2.92. The minimum atomic E-state index is 0.483. The van der Waals surface area contributed by atoms with Crippen LogP contribution in [0.4, 0.5) is 5.69 Å². The zero-order valence-electron chi connectivity index (χ0n) is 10.0. The highest BCUT2D eigenvalue weighted by Crippen LogP contribution is 2.32. The van der Waals surface area contributed by atoms with Crippen LogP contribution in [0.25, 0.3) is 0 Å². The van der Waals surface area contributed by atoms with Gasteiger partial charge in [0.15, 0.2) is 0 Å². The molecular weight excluding hydrogens is 230 g/mol. The fraction of sp³-hybridized carbons (Fsp3) is 0.538. The highest BCUT2D eigenvalue weighted by atomic mass is 32.2. The standard InChI is InChI=1S/C13H17N3S/c1-2-17-13-5-3-4-11(13)16-12-9-15-7-6-10(12)8-14/h6-7,9,11,13,16H,2-5H2,1H3. The Morgan fingerprint density at radius 1 is 1.59 bits per heavy atom. The number of nitriles is 1. The summed E-state index contributed by atoms with van der Waals surface area (Å²) in [5.74, 6) is 1.15. The van der Waals surface area contributed by atoms with Crippen LogP contribution < -0.4 is 5.32 Å². The lowest BCUT2D eigenvalue weighted by atomic mass is 10.2. The first-order valence-corrected chi connectivity index (χ1v) is 7.12. The predicted molar refractivity (Wildman–Crippen MR) is 72.1 cm³/mol. The largest absolute Gasteiger partial charge is 0.379 e. The number of thioether (sulfide) groups is 1. The molecule has 2 rings (SSSR count). The highest BCUT2D eigenvalue weighted by Gasteiger charge is 2.27.